The van der Waals surface area contributed by atoms with E-state index in [4.69, 9.17) is 0 Å². The molecule has 29 heavy (non-hydrogen) atoms. The van der Waals surface area contributed by atoms with Crippen molar-refractivity contribution in [2.45, 2.75) is 25.9 Å². The molecule has 1 unspecified atom stereocenters. The molecule has 0 radical (unpaired) electrons. The highest BCUT2D eigenvalue weighted by molar-refractivity contribution is 5.83. The van der Waals surface area contributed by atoms with Crippen molar-refractivity contribution in [1.82, 2.24) is 24.9 Å². The van der Waals surface area contributed by atoms with E-state index in [2.05, 4.69) is 36.0 Å². The molecule has 0 saturated carbocycles. The zero-order chi connectivity index (χ0) is 21.4. The maximum atomic E-state index is 13.3. The third-order valence-corrected chi connectivity index (χ3v) is 5.75. The largest absolute Gasteiger partial charge is 0.353 e. The van der Waals surface area contributed by atoms with Crippen LogP contribution in [0.25, 0.3) is 0 Å². The molecule has 1 fully saturated rings. The number of nitrogens with zero attached hydrogens (tertiary/aromatic N) is 4. The smallest absolute Gasteiger partial charge is 0.244 e. The standard InChI is InChI=1S/C22H37N5O2/c1-6-26(7-2)17-20(28)23-15-19-16-27(14-13-25(19)5)22(29)21(24(3)4)18-11-9-8-10-12-18/h8-12,19,21H,6-7,13-17H2,1-5H3,(H,23,28)/t19?,21-/m1/s1. The van der Waals surface area contributed by atoms with Gasteiger partial charge in [0.1, 0.15) is 6.04 Å². The molecule has 2 amide bonds. The minimum atomic E-state index is -0.294. The van der Waals surface area contributed by atoms with Gasteiger partial charge in [-0.05, 0) is 39.8 Å². The highest BCUT2D eigenvalue weighted by Crippen LogP contribution is 2.22. The van der Waals surface area contributed by atoms with Gasteiger partial charge in [-0.15, -0.1) is 0 Å². The van der Waals surface area contributed by atoms with E-state index < -0.39 is 0 Å². The molecule has 1 heterocycles. The van der Waals surface area contributed by atoms with Gasteiger partial charge in [-0.25, -0.2) is 0 Å². The molecule has 7 nitrogen and oxygen atoms in total. The molecule has 0 aromatic heterocycles. The summed E-state index contributed by atoms with van der Waals surface area (Å²) in [5.74, 6) is 0.162. The zero-order valence-electron chi connectivity index (χ0n) is 18.6. The lowest BCUT2D eigenvalue weighted by Crippen LogP contribution is -2.58. The normalized spacial score (nSPS) is 18.9. The average Bonchev–Trinajstić information content (AvgIpc) is 2.72. The molecule has 0 spiro atoms. The Morgan fingerprint density at radius 3 is 2.38 bits per heavy atom. The molecular weight excluding hydrogens is 366 g/mol. The second-order valence-corrected chi connectivity index (χ2v) is 7.96. The third kappa shape index (κ3) is 6.52. The number of carbonyl (C=O) groups is 2. The monoisotopic (exact) mass is 403 g/mol. The highest BCUT2D eigenvalue weighted by atomic mass is 16.2. The van der Waals surface area contributed by atoms with Crippen LogP contribution in [0.3, 0.4) is 0 Å². The van der Waals surface area contributed by atoms with E-state index in [1.165, 1.54) is 0 Å². The van der Waals surface area contributed by atoms with Gasteiger partial charge in [0.05, 0.1) is 6.54 Å². The van der Waals surface area contributed by atoms with E-state index in [0.29, 0.717) is 26.2 Å². The van der Waals surface area contributed by atoms with Gasteiger partial charge in [0.25, 0.3) is 0 Å². The van der Waals surface area contributed by atoms with Crippen molar-refractivity contribution in [3.05, 3.63) is 35.9 Å². The Balaban J connectivity index is 1.99. The number of carbonyl (C=O) groups excluding carboxylic acids is 2. The quantitative estimate of drug-likeness (QED) is 0.664. The molecule has 1 saturated heterocycles. The van der Waals surface area contributed by atoms with Crippen molar-refractivity contribution >= 4 is 11.8 Å². The van der Waals surface area contributed by atoms with E-state index in [-0.39, 0.29) is 23.9 Å². The highest BCUT2D eigenvalue weighted by Gasteiger charge is 2.33. The Bertz CT molecular complexity index is 648. The van der Waals surface area contributed by atoms with Crippen molar-refractivity contribution in [3.63, 3.8) is 0 Å². The van der Waals surface area contributed by atoms with Gasteiger partial charge in [-0.3, -0.25) is 24.3 Å². The molecule has 0 bridgehead atoms. The fourth-order valence-electron chi connectivity index (χ4n) is 3.77. The fourth-order valence-corrected chi connectivity index (χ4v) is 3.77. The van der Waals surface area contributed by atoms with Crippen LogP contribution in [-0.2, 0) is 9.59 Å². The Labute approximate surface area is 175 Å². The number of piperazine rings is 1. The Hall–Kier alpha value is -1.96. The van der Waals surface area contributed by atoms with Crippen LogP contribution >= 0.6 is 0 Å². The molecule has 2 rings (SSSR count). The lowest BCUT2D eigenvalue weighted by molar-refractivity contribution is -0.139. The van der Waals surface area contributed by atoms with Gasteiger partial charge in [0.15, 0.2) is 0 Å². The number of hydrogen-bond acceptors (Lipinski definition) is 5. The molecule has 7 heteroatoms. The molecule has 1 aromatic rings. The van der Waals surface area contributed by atoms with E-state index >= 15 is 0 Å². The number of amides is 2. The van der Waals surface area contributed by atoms with Crippen LogP contribution in [0.4, 0.5) is 0 Å². The SMILES string of the molecule is CCN(CC)CC(=O)NCC1CN(C(=O)[C@@H](c2ccccc2)N(C)C)CCN1C. The topological polar surface area (TPSA) is 59.1 Å². The Morgan fingerprint density at radius 1 is 1.14 bits per heavy atom. The van der Waals surface area contributed by atoms with E-state index in [1.54, 1.807) is 0 Å². The predicted octanol–water partition coefficient (Wildman–Crippen LogP) is 0.890. The minimum Gasteiger partial charge on any atom is -0.353 e. The lowest BCUT2D eigenvalue weighted by Gasteiger charge is -2.41. The van der Waals surface area contributed by atoms with Crippen LogP contribution in [0.15, 0.2) is 30.3 Å². The second kappa shape index (κ2) is 11.3. The van der Waals surface area contributed by atoms with Crippen molar-refractivity contribution in [2.24, 2.45) is 0 Å². The van der Waals surface area contributed by atoms with Crippen LogP contribution < -0.4 is 5.32 Å². The molecule has 1 aliphatic heterocycles. The summed E-state index contributed by atoms with van der Waals surface area (Å²) in [5, 5.41) is 3.05. The van der Waals surface area contributed by atoms with Gasteiger partial charge < -0.3 is 10.2 Å². The first kappa shape index (κ1) is 23.3. The van der Waals surface area contributed by atoms with Gasteiger partial charge in [-0.1, -0.05) is 44.2 Å². The molecule has 1 aromatic carbocycles. The summed E-state index contributed by atoms with van der Waals surface area (Å²) in [6, 6.07) is 9.74. The zero-order valence-corrected chi connectivity index (χ0v) is 18.6. The average molecular weight is 404 g/mol. The predicted molar refractivity (Wildman–Crippen MR) is 117 cm³/mol. The molecule has 162 valence electrons. The number of rotatable bonds is 9. The summed E-state index contributed by atoms with van der Waals surface area (Å²) in [7, 11) is 5.94. The maximum absolute atomic E-state index is 13.3. The number of hydrogen-bond donors (Lipinski definition) is 1. The first-order chi connectivity index (χ1) is 13.9. The first-order valence-electron chi connectivity index (χ1n) is 10.6. The molecular formula is C22H37N5O2. The summed E-state index contributed by atoms with van der Waals surface area (Å²) >= 11 is 0. The van der Waals surface area contributed by atoms with Crippen molar-refractivity contribution in [3.8, 4) is 0 Å². The second-order valence-electron chi connectivity index (χ2n) is 7.96. The van der Waals surface area contributed by atoms with Crippen molar-refractivity contribution < 1.29 is 9.59 Å². The van der Waals surface area contributed by atoms with Crippen LogP contribution in [0.5, 0.6) is 0 Å². The summed E-state index contributed by atoms with van der Waals surface area (Å²) in [6.07, 6.45) is 0. The third-order valence-electron chi connectivity index (χ3n) is 5.75. The molecule has 0 aliphatic carbocycles. The van der Waals surface area contributed by atoms with E-state index in [9.17, 15) is 9.59 Å². The van der Waals surface area contributed by atoms with E-state index in [0.717, 1.165) is 25.2 Å². The van der Waals surface area contributed by atoms with Crippen LogP contribution in [-0.4, -0.2) is 104 Å². The van der Waals surface area contributed by atoms with E-state index in [1.807, 2.05) is 54.2 Å². The number of benzene rings is 1. The summed E-state index contributed by atoms with van der Waals surface area (Å²) in [6.45, 7) is 8.95. The van der Waals surface area contributed by atoms with Gasteiger partial charge >= 0.3 is 0 Å². The Morgan fingerprint density at radius 2 is 1.79 bits per heavy atom. The summed E-state index contributed by atoms with van der Waals surface area (Å²) in [4.78, 5) is 33.8. The van der Waals surface area contributed by atoms with Gasteiger partial charge in [0.2, 0.25) is 11.8 Å². The van der Waals surface area contributed by atoms with Crippen LogP contribution in [0, 0.1) is 0 Å². The molecule has 2 atom stereocenters. The first-order valence-corrected chi connectivity index (χ1v) is 10.6. The summed E-state index contributed by atoms with van der Waals surface area (Å²) < 4.78 is 0. The van der Waals surface area contributed by atoms with Crippen LogP contribution in [0.1, 0.15) is 25.5 Å². The maximum Gasteiger partial charge on any atom is 0.244 e. The minimum absolute atomic E-state index is 0.0426. The lowest BCUT2D eigenvalue weighted by atomic mass is 10.0. The number of nitrogens with one attached hydrogen (secondary N) is 1. The molecule has 1 N–H and O–H groups in total. The van der Waals surface area contributed by atoms with Crippen LogP contribution in [0.2, 0.25) is 0 Å². The van der Waals surface area contributed by atoms with Gasteiger partial charge in [0, 0.05) is 32.2 Å². The van der Waals surface area contributed by atoms with Gasteiger partial charge in [-0.2, -0.15) is 0 Å². The van der Waals surface area contributed by atoms with Crippen molar-refractivity contribution in [2.75, 3.05) is 67.0 Å². The molecule has 1 aliphatic rings. The fraction of sp³-hybridized carbons (Fsp3) is 0.636. The van der Waals surface area contributed by atoms with Crippen molar-refractivity contribution in [1.29, 1.82) is 0 Å². The summed E-state index contributed by atoms with van der Waals surface area (Å²) in [5.41, 5.74) is 1.01. The number of likely N-dealkylation sites (N-methyl/N-ethyl adjacent to an activating group) is 3. The Kier molecular flexibility index (Phi) is 9.07.